The third-order valence-corrected chi connectivity index (χ3v) is 2.05. The number of ether oxygens (including phenoxy) is 2. The minimum absolute atomic E-state index is 1.19. The smallest absolute Gasteiger partial charge is 0.335 e. The van der Waals surface area contributed by atoms with Gasteiger partial charge in [-0.05, 0) is 0 Å². The molecule has 0 radical (unpaired) electrons. The SMILES string of the molecule is CO[C@@H]1OC(C(=O)O)[C@@H](O)C(O)[C@@H]1O. The third-order valence-electron chi connectivity index (χ3n) is 2.05. The number of hydrogen-bond acceptors (Lipinski definition) is 6. The Kier molecular flexibility index (Phi) is 3.40. The van der Waals surface area contributed by atoms with Gasteiger partial charge in [0.2, 0.25) is 0 Å². The van der Waals surface area contributed by atoms with Crippen molar-refractivity contribution in [2.45, 2.75) is 30.7 Å². The molecular weight excluding hydrogens is 196 g/mol. The van der Waals surface area contributed by atoms with E-state index in [1.807, 2.05) is 0 Å². The lowest BCUT2D eigenvalue weighted by molar-refractivity contribution is -0.287. The molecule has 1 aliphatic rings. The molecule has 0 amide bonds. The fraction of sp³-hybridized carbons (Fsp3) is 0.857. The van der Waals surface area contributed by atoms with Crippen LogP contribution in [-0.4, -0.2) is 64.2 Å². The first-order valence-electron chi connectivity index (χ1n) is 3.94. The van der Waals surface area contributed by atoms with Gasteiger partial charge in [0.1, 0.15) is 18.3 Å². The molecule has 1 aliphatic heterocycles. The van der Waals surface area contributed by atoms with Crippen molar-refractivity contribution in [1.82, 2.24) is 0 Å². The van der Waals surface area contributed by atoms with Gasteiger partial charge in [0.15, 0.2) is 12.4 Å². The quantitative estimate of drug-likeness (QED) is 0.397. The first-order valence-corrected chi connectivity index (χ1v) is 3.94. The summed E-state index contributed by atoms with van der Waals surface area (Å²) in [4.78, 5) is 10.5. The largest absolute Gasteiger partial charge is 0.479 e. The van der Waals surface area contributed by atoms with Gasteiger partial charge in [-0.3, -0.25) is 0 Å². The number of aliphatic carboxylic acids is 1. The van der Waals surface area contributed by atoms with Crippen LogP contribution in [0.15, 0.2) is 0 Å². The maximum atomic E-state index is 10.5. The monoisotopic (exact) mass is 208 g/mol. The summed E-state index contributed by atoms with van der Waals surface area (Å²) in [6.45, 7) is 0. The molecule has 0 saturated carbocycles. The molecule has 82 valence electrons. The molecule has 0 aromatic rings. The number of aliphatic hydroxyl groups excluding tert-OH is 3. The molecule has 7 nitrogen and oxygen atoms in total. The number of hydrogen-bond donors (Lipinski definition) is 4. The molecule has 1 rings (SSSR count). The number of aliphatic hydroxyl groups is 3. The van der Waals surface area contributed by atoms with Gasteiger partial charge in [0.25, 0.3) is 0 Å². The number of carboxylic acid groups (broad SMARTS) is 1. The van der Waals surface area contributed by atoms with E-state index >= 15 is 0 Å². The Hall–Kier alpha value is -0.730. The van der Waals surface area contributed by atoms with Gasteiger partial charge in [-0.25, -0.2) is 4.79 Å². The van der Waals surface area contributed by atoms with E-state index in [9.17, 15) is 20.1 Å². The van der Waals surface area contributed by atoms with Crippen molar-refractivity contribution in [2.24, 2.45) is 0 Å². The van der Waals surface area contributed by atoms with Gasteiger partial charge < -0.3 is 29.9 Å². The summed E-state index contributed by atoms with van der Waals surface area (Å²) in [7, 11) is 1.19. The highest BCUT2D eigenvalue weighted by atomic mass is 16.7. The van der Waals surface area contributed by atoms with Crippen molar-refractivity contribution in [2.75, 3.05) is 7.11 Å². The lowest BCUT2D eigenvalue weighted by Crippen LogP contribution is -2.60. The van der Waals surface area contributed by atoms with E-state index in [4.69, 9.17) is 9.84 Å². The molecule has 1 saturated heterocycles. The number of rotatable bonds is 2. The molecule has 0 spiro atoms. The standard InChI is InChI=1S/C7H12O7/c1-13-7-4(10)2(8)3(9)5(14-7)6(11)12/h2-5,7-10H,1H3,(H,11,12)/t2?,3-,4-,5?,7+/m0/s1. The van der Waals surface area contributed by atoms with Crippen molar-refractivity contribution in [3.05, 3.63) is 0 Å². The zero-order valence-corrected chi connectivity index (χ0v) is 7.40. The summed E-state index contributed by atoms with van der Waals surface area (Å²) < 4.78 is 9.31. The Bertz CT molecular complexity index is 216. The summed E-state index contributed by atoms with van der Waals surface area (Å²) in [5.74, 6) is -1.43. The van der Waals surface area contributed by atoms with Gasteiger partial charge in [0, 0.05) is 7.11 Å². The number of methoxy groups -OCH3 is 1. The fourth-order valence-corrected chi connectivity index (χ4v) is 1.25. The molecule has 0 bridgehead atoms. The second kappa shape index (κ2) is 4.20. The summed E-state index contributed by atoms with van der Waals surface area (Å²) >= 11 is 0. The number of carboxylic acids is 1. The predicted octanol–water partition coefficient (Wildman–Crippen LogP) is -2.47. The molecule has 0 aromatic carbocycles. The van der Waals surface area contributed by atoms with Gasteiger partial charge in [-0.15, -0.1) is 0 Å². The third kappa shape index (κ3) is 1.86. The van der Waals surface area contributed by atoms with E-state index in [0.717, 1.165) is 0 Å². The molecule has 1 heterocycles. The maximum absolute atomic E-state index is 10.5. The minimum Gasteiger partial charge on any atom is -0.479 e. The molecule has 14 heavy (non-hydrogen) atoms. The highest BCUT2D eigenvalue weighted by Gasteiger charge is 2.46. The summed E-state index contributed by atoms with van der Waals surface area (Å²) in [6.07, 6.45) is -7.60. The van der Waals surface area contributed by atoms with Crippen molar-refractivity contribution >= 4 is 5.97 Å². The van der Waals surface area contributed by atoms with Crippen molar-refractivity contribution in [3.8, 4) is 0 Å². The average Bonchev–Trinajstić information content (AvgIpc) is 2.14. The highest BCUT2D eigenvalue weighted by Crippen LogP contribution is 2.21. The van der Waals surface area contributed by atoms with Crippen LogP contribution in [0, 0.1) is 0 Å². The van der Waals surface area contributed by atoms with E-state index in [2.05, 4.69) is 4.74 Å². The molecule has 1 fully saturated rings. The van der Waals surface area contributed by atoms with Gasteiger partial charge in [0.05, 0.1) is 0 Å². The molecule has 2 unspecified atom stereocenters. The lowest BCUT2D eigenvalue weighted by atomic mass is 9.99. The predicted molar refractivity (Wildman–Crippen MR) is 41.3 cm³/mol. The van der Waals surface area contributed by atoms with Crippen LogP contribution in [0.3, 0.4) is 0 Å². The molecule has 5 atom stereocenters. The topological polar surface area (TPSA) is 116 Å². The van der Waals surface area contributed by atoms with Crippen LogP contribution in [0.25, 0.3) is 0 Å². The summed E-state index contributed by atoms with van der Waals surface area (Å²) in [5, 5.41) is 36.3. The fourth-order valence-electron chi connectivity index (χ4n) is 1.25. The highest BCUT2D eigenvalue weighted by molar-refractivity contribution is 5.73. The maximum Gasteiger partial charge on any atom is 0.335 e. The average molecular weight is 208 g/mol. The first kappa shape index (κ1) is 11.3. The van der Waals surface area contributed by atoms with Gasteiger partial charge >= 0.3 is 5.97 Å². The minimum atomic E-state index is -1.67. The molecule has 0 aliphatic carbocycles. The normalized spacial score (nSPS) is 43.6. The van der Waals surface area contributed by atoms with Crippen LogP contribution < -0.4 is 0 Å². The van der Waals surface area contributed by atoms with Crippen molar-refractivity contribution in [3.63, 3.8) is 0 Å². The summed E-state index contributed by atoms with van der Waals surface area (Å²) in [5.41, 5.74) is 0. The van der Waals surface area contributed by atoms with Crippen molar-refractivity contribution in [1.29, 1.82) is 0 Å². The molecule has 0 aromatic heterocycles. The Labute approximate surface area is 79.5 Å². The second-order valence-corrected chi connectivity index (χ2v) is 2.97. The molecular formula is C7H12O7. The van der Waals surface area contributed by atoms with E-state index in [1.54, 1.807) is 0 Å². The van der Waals surface area contributed by atoms with E-state index in [-0.39, 0.29) is 0 Å². The second-order valence-electron chi connectivity index (χ2n) is 2.97. The van der Waals surface area contributed by atoms with Gasteiger partial charge in [-0.1, -0.05) is 0 Å². The Balaban J connectivity index is 2.78. The zero-order chi connectivity index (χ0) is 10.9. The van der Waals surface area contributed by atoms with Crippen LogP contribution in [0.2, 0.25) is 0 Å². The van der Waals surface area contributed by atoms with Crippen LogP contribution in [0.1, 0.15) is 0 Å². The van der Waals surface area contributed by atoms with Crippen LogP contribution >= 0.6 is 0 Å². The molecule has 4 N–H and O–H groups in total. The lowest BCUT2D eigenvalue weighted by Gasteiger charge is -2.37. The number of carbonyl (C=O) groups is 1. The zero-order valence-electron chi connectivity index (χ0n) is 7.40. The van der Waals surface area contributed by atoms with E-state index in [0.29, 0.717) is 0 Å². The molecule has 7 heteroatoms. The Morgan fingerprint density at radius 1 is 1.21 bits per heavy atom. The van der Waals surface area contributed by atoms with Gasteiger partial charge in [-0.2, -0.15) is 0 Å². The Morgan fingerprint density at radius 2 is 1.79 bits per heavy atom. The van der Waals surface area contributed by atoms with Crippen molar-refractivity contribution < 1.29 is 34.7 Å². The van der Waals surface area contributed by atoms with Crippen LogP contribution in [0.4, 0.5) is 0 Å². The Morgan fingerprint density at radius 3 is 2.21 bits per heavy atom. The van der Waals surface area contributed by atoms with E-state index < -0.39 is 36.7 Å². The first-order chi connectivity index (χ1) is 6.49. The van der Waals surface area contributed by atoms with Crippen LogP contribution in [0.5, 0.6) is 0 Å². The summed E-state index contributed by atoms with van der Waals surface area (Å²) in [6, 6.07) is 0. The van der Waals surface area contributed by atoms with E-state index in [1.165, 1.54) is 7.11 Å². The van der Waals surface area contributed by atoms with Crippen LogP contribution in [-0.2, 0) is 14.3 Å².